The van der Waals surface area contributed by atoms with E-state index in [-0.39, 0.29) is 17.5 Å². The van der Waals surface area contributed by atoms with E-state index in [1.54, 1.807) is 36.4 Å². The lowest BCUT2D eigenvalue weighted by Gasteiger charge is -2.41. The Kier molecular flexibility index (Phi) is 8.67. The van der Waals surface area contributed by atoms with Crippen molar-refractivity contribution in [2.75, 3.05) is 17.5 Å². The predicted octanol–water partition coefficient (Wildman–Crippen LogP) is 6.24. The lowest BCUT2D eigenvalue weighted by molar-refractivity contribution is -0.121. The third-order valence-electron chi connectivity index (χ3n) is 6.95. The number of hydrogen-bond donors (Lipinski definition) is 1. The van der Waals surface area contributed by atoms with Crippen LogP contribution >= 0.6 is 15.9 Å². The maximum absolute atomic E-state index is 13.8. The van der Waals surface area contributed by atoms with Gasteiger partial charge in [0.05, 0.1) is 23.2 Å². The first-order valence-corrected chi connectivity index (χ1v) is 15.0. The minimum absolute atomic E-state index is 0.0924. The molecule has 0 spiro atoms. The minimum atomic E-state index is -4.04. The molecule has 1 N–H and O–H groups in total. The van der Waals surface area contributed by atoms with Gasteiger partial charge in [-0.15, -0.1) is 0 Å². The zero-order valence-corrected chi connectivity index (χ0v) is 24.2. The fourth-order valence-corrected chi connectivity index (χ4v) is 6.41. The smallest absolute Gasteiger partial charge is 0.264 e. The fourth-order valence-electron chi connectivity index (χ4n) is 4.72. The summed E-state index contributed by atoms with van der Waals surface area (Å²) >= 11 is 3.35. The van der Waals surface area contributed by atoms with Crippen molar-refractivity contribution < 1.29 is 22.7 Å². The molecule has 0 fully saturated rings. The van der Waals surface area contributed by atoms with Gasteiger partial charge in [0, 0.05) is 16.5 Å². The molecule has 202 valence electrons. The maximum atomic E-state index is 13.8. The van der Waals surface area contributed by atoms with Gasteiger partial charge in [-0.05, 0) is 74.4 Å². The number of fused-ring (bicyclic) bond motifs is 1. The van der Waals surface area contributed by atoms with Gasteiger partial charge in [0.15, 0.2) is 0 Å². The highest BCUT2D eigenvalue weighted by Gasteiger charge is 2.39. The third kappa shape index (κ3) is 5.99. The second-order valence-electron chi connectivity index (χ2n) is 9.25. The highest BCUT2D eigenvalue weighted by Crippen LogP contribution is 2.42. The molecule has 0 unspecified atom stereocenters. The summed E-state index contributed by atoms with van der Waals surface area (Å²) < 4.78 is 41.3. The average Bonchev–Trinajstić information content (AvgIpc) is 2.92. The summed E-state index contributed by atoms with van der Waals surface area (Å²) in [5.41, 5.74) is 0.863. The Labute approximate surface area is 233 Å². The van der Waals surface area contributed by atoms with Crippen LogP contribution in [0.15, 0.2) is 82.2 Å². The Hall–Kier alpha value is -3.04. The molecule has 38 heavy (non-hydrogen) atoms. The van der Waals surface area contributed by atoms with Crippen LogP contribution in [0.2, 0.25) is 0 Å². The number of ether oxygens (including phenoxy) is 2. The van der Waals surface area contributed by atoms with Crippen LogP contribution in [0.1, 0.15) is 51.6 Å². The van der Waals surface area contributed by atoms with Crippen molar-refractivity contribution in [3.8, 4) is 11.5 Å². The zero-order valence-electron chi connectivity index (χ0n) is 21.8. The molecular formula is C29H33BrN2O5S. The summed E-state index contributed by atoms with van der Waals surface area (Å²) in [5.74, 6) is 0.969. The van der Waals surface area contributed by atoms with Crippen LogP contribution in [0, 0.1) is 0 Å². The van der Waals surface area contributed by atoms with E-state index in [1.165, 1.54) is 12.1 Å². The van der Waals surface area contributed by atoms with Crippen molar-refractivity contribution in [1.29, 1.82) is 0 Å². The Balaban J connectivity index is 1.65. The number of amides is 1. The predicted molar refractivity (Wildman–Crippen MR) is 152 cm³/mol. The van der Waals surface area contributed by atoms with Gasteiger partial charge in [-0.2, -0.15) is 0 Å². The molecule has 0 aliphatic carbocycles. The molecule has 1 heterocycles. The largest absolute Gasteiger partial charge is 0.494 e. The Bertz CT molecular complexity index is 1360. The Morgan fingerprint density at radius 3 is 2.32 bits per heavy atom. The molecule has 0 aromatic heterocycles. The summed E-state index contributed by atoms with van der Waals surface area (Å²) in [4.78, 5) is 13.6. The molecule has 1 aliphatic heterocycles. The van der Waals surface area contributed by atoms with Crippen molar-refractivity contribution in [2.45, 2.75) is 56.6 Å². The van der Waals surface area contributed by atoms with Gasteiger partial charge >= 0.3 is 0 Å². The maximum Gasteiger partial charge on any atom is 0.264 e. The SMILES string of the molecule is CCOc1ccc(N(CC(=O)N[C@@H]2CC(CC)(CC)Oc3ccccc32)S(=O)(=O)c2ccc(Br)cc2)cc1. The van der Waals surface area contributed by atoms with Gasteiger partial charge in [-0.1, -0.05) is 48.0 Å². The normalized spacial score (nSPS) is 16.2. The molecule has 9 heteroatoms. The average molecular weight is 602 g/mol. The molecule has 3 aromatic rings. The molecule has 1 aliphatic rings. The van der Waals surface area contributed by atoms with Gasteiger partial charge < -0.3 is 14.8 Å². The lowest BCUT2D eigenvalue weighted by atomic mass is 9.83. The number of para-hydroxylation sites is 1. The van der Waals surface area contributed by atoms with Gasteiger partial charge in [-0.3, -0.25) is 9.10 Å². The fraction of sp³-hybridized carbons (Fsp3) is 0.345. The first-order valence-electron chi connectivity index (χ1n) is 12.8. The number of halogens is 1. The van der Waals surface area contributed by atoms with E-state index >= 15 is 0 Å². The number of rotatable bonds is 10. The number of benzene rings is 3. The van der Waals surface area contributed by atoms with E-state index in [0.29, 0.717) is 24.5 Å². The van der Waals surface area contributed by atoms with Crippen LogP contribution < -0.4 is 19.1 Å². The number of nitrogens with zero attached hydrogens (tertiary/aromatic N) is 1. The van der Waals surface area contributed by atoms with Gasteiger partial charge in [0.2, 0.25) is 5.91 Å². The molecule has 0 saturated heterocycles. The van der Waals surface area contributed by atoms with Crippen LogP contribution in [-0.2, 0) is 14.8 Å². The topological polar surface area (TPSA) is 84.9 Å². The highest BCUT2D eigenvalue weighted by atomic mass is 79.9. The number of anilines is 1. The lowest BCUT2D eigenvalue weighted by Crippen LogP contribution is -2.47. The first-order chi connectivity index (χ1) is 18.2. The molecule has 0 bridgehead atoms. The summed E-state index contributed by atoms with van der Waals surface area (Å²) in [6, 6.07) is 20.5. The van der Waals surface area contributed by atoms with Crippen LogP contribution in [0.5, 0.6) is 11.5 Å². The van der Waals surface area contributed by atoms with E-state index in [0.717, 1.165) is 32.9 Å². The van der Waals surface area contributed by atoms with Gasteiger partial charge in [-0.25, -0.2) is 8.42 Å². The van der Waals surface area contributed by atoms with Crippen molar-refractivity contribution in [1.82, 2.24) is 5.32 Å². The molecule has 3 aromatic carbocycles. The standard InChI is InChI=1S/C29H33BrN2O5S/c1-4-29(5-2)19-26(25-9-7-8-10-27(25)37-29)31-28(33)20-32(22-13-15-23(16-14-22)36-6-3)38(34,35)24-17-11-21(30)12-18-24/h7-18,26H,4-6,19-20H2,1-3H3,(H,31,33)/t26-/m1/s1. The molecule has 1 amide bonds. The summed E-state index contributed by atoms with van der Waals surface area (Å²) in [7, 11) is -4.04. The van der Waals surface area contributed by atoms with Crippen molar-refractivity contribution >= 4 is 37.5 Å². The van der Waals surface area contributed by atoms with Crippen LogP contribution in [0.4, 0.5) is 5.69 Å². The third-order valence-corrected chi connectivity index (χ3v) is 9.26. The number of hydrogen-bond acceptors (Lipinski definition) is 5. The molecule has 0 saturated carbocycles. The molecular weight excluding hydrogens is 568 g/mol. The summed E-state index contributed by atoms with van der Waals surface area (Å²) in [5, 5.41) is 3.11. The molecule has 1 atom stereocenters. The van der Waals surface area contributed by atoms with E-state index in [1.807, 2.05) is 31.2 Å². The Morgan fingerprint density at radius 1 is 1.03 bits per heavy atom. The van der Waals surface area contributed by atoms with Crippen LogP contribution in [0.25, 0.3) is 0 Å². The van der Waals surface area contributed by atoms with Crippen molar-refractivity contribution in [3.63, 3.8) is 0 Å². The van der Waals surface area contributed by atoms with Crippen molar-refractivity contribution in [2.24, 2.45) is 0 Å². The second kappa shape index (κ2) is 11.8. The number of nitrogens with one attached hydrogen (secondary N) is 1. The van der Waals surface area contributed by atoms with E-state index in [4.69, 9.17) is 9.47 Å². The monoisotopic (exact) mass is 600 g/mol. The Morgan fingerprint density at radius 2 is 1.68 bits per heavy atom. The number of sulfonamides is 1. The van der Waals surface area contributed by atoms with Gasteiger partial charge in [0.1, 0.15) is 23.6 Å². The quantitative estimate of drug-likeness (QED) is 0.297. The number of carbonyl (C=O) groups is 1. The highest BCUT2D eigenvalue weighted by molar-refractivity contribution is 9.10. The summed E-state index contributed by atoms with van der Waals surface area (Å²) in [6.45, 7) is 6.15. The van der Waals surface area contributed by atoms with E-state index in [9.17, 15) is 13.2 Å². The molecule has 4 rings (SSSR count). The minimum Gasteiger partial charge on any atom is -0.494 e. The van der Waals surface area contributed by atoms with Crippen LogP contribution in [-0.4, -0.2) is 33.1 Å². The van der Waals surface area contributed by atoms with E-state index < -0.39 is 21.5 Å². The summed E-state index contributed by atoms with van der Waals surface area (Å²) in [6.07, 6.45) is 2.19. The second-order valence-corrected chi connectivity index (χ2v) is 12.0. The zero-order chi connectivity index (χ0) is 27.3. The van der Waals surface area contributed by atoms with Crippen LogP contribution in [0.3, 0.4) is 0 Å². The van der Waals surface area contributed by atoms with E-state index in [2.05, 4.69) is 35.1 Å². The number of carbonyl (C=O) groups excluding carboxylic acids is 1. The van der Waals surface area contributed by atoms with Gasteiger partial charge in [0.25, 0.3) is 10.0 Å². The first kappa shape index (κ1) is 28.0. The van der Waals surface area contributed by atoms with Crippen molar-refractivity contribution in [3.05, 3.63) is 82.8 Å². The molecule has 7 nitrogen and oxygen atoms in total. The molecule has 0 radical (unpaired) electrons.